The summed E-state index contributed by atoms with van der Waals surface area (Å²) in [6.07, 6.45) is 2.31. The number of aromatic nitrogens is 2. The molecule has 1 saturated heterocycles. The van der Waals surface area contributed by atoms with Crippen molar-refractivity contribution in [1.82, 2.24) is 15.5 Å². The van der Waals surface area contributed by atoms with Gasteiger partial charge >= 0.3 is 0 Å². The molecule has 1 unspecified atom stereocenters. The summed E-state index contributed by atoms with van der Waals surface area (Å²) in [7, 11) is 0. The van der Waals surface area contributed by atoms with E-state index >= 15 is 0 Å². The molecule has 0 spiro atoms. The highest BCUT2D eigenvalue weighted by Gasteiger charge is 2.34. The second kappa shape index (κ2) is 5.19. The zero-order chi connectivity index (χ0) is 11.4. The molecule has 0 aromatic carbocycles. The van der Waals surface area contributed by atoms with Gasteiger partial charge in [0, 0.05) is 6.54 Å². The average molecular weight is 241 g/mol. The molecular weight excluding hydrogens is 222 g/mol. The van der Waals surface area contributed by atoms with Crippen molar-refractivity contribution in [3.8, 4) is 0 Å². The van der Waals surface area contributed by atoms with Crippen molar-refractivity contribution in [1.29, 1.82) is 0 Å². The highest BCUT2D eigenvalue weighted by atomic mass is 32.2. The highest BCUT2D eigenvalue weighted by Crippen LogP contribution is 2.29. The number of piperidine rings is 1. The minimum Gasteiger partial charge on any atom is -0.339 e. The second-order valence-corrected chi connectivity index (χ2v) is 5.77. The number of nitrogens with one attached hydrogen (secondary N) is 1. The normalized spacial score (nSPS) is 25.9. The van der Waals surface area contributed by atoms with E-state index in [-0.39, 0.29) is 5.41 Å². The average Bonchev–Trinajstić information content (AvgIpc) is 2.77. The smallest absolute Gasteiger partial charge is 0.233 e. The molecule has 1 N–H and O–H groups in total. The lowest BCUT2D eigenvalue weighted by atomic mass is 9.83. The number of hydrogen-bond donors (Lipinski definition) is 1. The summed E-state index contributed by atoms with van der Waals surface area (Å²) in [6.45, 7) is 6.37. The topological polar surface area (TPSA) is 51.0 Å². The maximum absolute atomic E-state index is 5.39. The molecule has 90 valence electrons. The predicted molar refractivity (Wildman–Crippen MR) is 65.6 cm³/mol. The van der Waals surface area contributed by atoms with Crippen LogP contribution in [0, 0.1) is 0 Å². The van der Waals surface area contributed by atoms with E-state index in [1.54, 1.807) is 0 Å². The van der Waals surface area contributed by atoms with Crippen LogP contribution in [-0.2, 0) is 11.2 Å². The van der Waals surface area contributed by atoms with Gasteiger partial charge in [0.05, 0.1) is 11.2 Å². The molecule has 0 radical (unpaired) electrons. The third-order valence-corrected chi connectivity index (χ3v) is 3.89. The number of nitrogens with zero attached hydrogens (tertiary/aromatic N) is 2. The first-order valence-electron chi connectivity index (χ1n) is 5.86. The molecule has 0 aliphatic carbocycles. The molecule has 16 heavy (non-hydrogen) atoms. The van der Waals surface area contributed by atoms with Crippen LogP contribution in [0.4, 0.5) is 0 Å². The van der Waals surface area contributed by atoms with Crippen molar-refractivity contribution in [2.45, 2.75) is 37.9 Å². The lowest BCUT2D eigenvalue weighted by molar-refractivity contribution is 0.245. The molecule has 1 aliphatic heterocycles. The van der Waals surface area contributed by atoms with E-state index < -0.39 is 0 Å². The van der Waals surface area contributed by atoms with Crippen LogP contribution in [0.1, 0.15) is 38.4 Å². The molecule has 5 heteroatoms. The molecular formula is C11H19N3OS. The quantitative estimate of drug-likeness (QED) is 0.873. The Balaban J connectivity index is 2.05. The summed E-state index contributed by atoms with van der Waals surface area (Å²) in [4.78, 5) is 4.50. The van der Waals surface area contributed by atoms with Gasteiger partial charge in [0.15, 0.2) is 5.82 Å². The van der Waals surface area contributed by atoms with Gasteiger partial charge in [-0.25, -0.2) is 0 Å². The number of thioether (sulfide) groups is 1. The van der Waals surface area contributed by atoms with Crippen LogP contribution < -0.4 is 5.32 Å². The van der Waals surface area contributed by atoms with Crippen molar-refractivity contribution in [2.24, 2.45) is 0 Å². The van der Waals surface area contributed by atoms with Gasteiger partial charge in [-0.1, -0.05) is 12.1 Å². The minimum absolute atomic E-state index is 0.0282. The Kier molecular flexibility index (Phi) is 3.86. The third kappa shape index (κ3) is 2.58. The Bertz CT molecular complexity index is 334. The van der Waals surface area contributed by atoms with Crippen LogP contribution in [0.25, 0.3) is 0 Å². The lowest BCUT2D eigenvalue weighted by Gasteiger charge is -2.30. The van der Waals surface area contributed by atoms with Gasteiger partial charge in [-0.05, 0) is 32.1 Å². The number of hydrogen-bond acceptors (Lipinski definition) is 5. The Morgan fingerprint density at radius 1 is 1.56 bits per heavy atom. The fraction of sp³-hybridized carbons (Fsp3) is 0.818. The SMILES string of the molecule is CCSCc1noc(C2(C)CCCNC2)n1. The number of rotatable bonds is 4. The minimum atomic E-state index is 0.0282. The van der Waals surface area contributed by atoms with Gasteiger partial charge in [-0.15, -0.1) is 0 Å². The maximum atomic E-state index is 5.39. The Labute approximate surface area is 101 Å². The van der Waals surface area contributed by atoms with Crippen molar-refractivity contribution in [3.63, 3.8) is 0 Å². The van der Waals surface area contributed by atoms with Crippen molar-refractivity contribution >= 4 is 11.8 Å². The Morgan fingerprint density at radius 2 is 2.44 bits per heavy atom. The molecule has 1 aliphatic rings. The fourth-order valence-electron chi connectivity index (χ4n) is 1.99. The first kappa shape index (κ1) is 11.9. The maximum Gasteiger partial charge on any atom is 0.233 e. The van der Waals surface area contributed by atoms with Crippen molar-refractivity contribution < 1.29 is 4.52 Å². The molecule has 0 saturated carbocycles. The predicted octanol–water partition coefficient (Wildman–Crippen LogP) is 1.96. The zero-order valence-corrected chi connectivity index (χ0v) is 10.8. The summed E-state index contributed by atoms with van der Waals surface area (Å²) >= 11 is 1.82. The second-order valence-electron chi connectivity index (χ2n) is 4.49. The van der Waals surface area contributed by atoms with E-state index in [0.29, 0.717) is 0 Å². The van der Waals surface area contributed by atoms with E-state index in [1.807, 2.05) is 11.8 Å². The summed E-state index contributed by atoms with van der Waals surface area (Å²) in [6, 6.07) is 0. The van der Waals surface area contributed by atoms with Gasteiger partial charge in [0.1, 0.15) is 0 Å². The molecule has 1 aromatic rings. The van der Waals surface area contributed by atoms with Crippen LogP contribution in [0.3, 0.4) is 0 Å². The van der Waals surface area contributed by atoms with Crippen LogP contribution in [0.2, 0.25) is 0 Å². The molecule has 1 aromatic heterocycles. The van der Waals surface area contributed by atoms with Crippen LogP contribution >= 0.6 is 11.8 Å². The van der Waals surface area contributed by atoms with Gasteiger partial charge in [-0.2, -0.15) is 16.7 Å². The van der Waals surface area contributed by atoms with Crippen molar-refractivity contribution in [3.05, 3.63) is 11.7 Å². The molecule has 1 fully saturated rings. The lowest BCUT2D eigenvalue weighted by Crippen LogP contribution is -2.41. The summed E-state index contributed by atoms with van der Waals surface area (Å²) in [5.74, 6) is 3.56. The van der Waals surface area contributed by atoms with E-state index in [9.17, 15) is 0 Å². The zero-order valence-electron chi connectivity index (χ0n) is 9.95. The Hall–Kier alpha value is -0.550. The van der Waals surface area contributed by atoms with Gasteiger partial charge in [0.2, 0.25) is 5.89 Å². The third-order valence-electron chi connectivity index (χ3n) is 3.02. The van der Waals surface area contributed by atoms with Gasteiger partial charge < -0.3 is 9.84 Å². The van der Waals surface area contributed by atoms with Crippen molar-refractivity contribution in [2.75, 3.05) is 18.8 Å². The molecule has 2 rings (SSSR count). The molecule has 0 bridgehead atoms. The fourth-order valence-corrected chi connectivity index (χ4v) is 2.49. The standard InChI is InChI=1S/C11H19N3OS/c1-3-16-7-9-13-10(15-14-9)11(2)5-4-6-12-8-11/h12H,3-8H2,1-2H3. The van der Waals surface area contributed by atoms with Gasteiger partial charge in [-0.3, -0.25) is 0 Å². The first-order valence-corrected chi connectivity index (χ1v) is 7.01. The molecule has 2 heterocycles. The summed E-state index contributed by atoms with van der Waals surface area (Å²) in [5.41, 5.74) is 0.0282. The van der Waals surface area contributed by atoms with E-state index in [4.69, 9.17) is 4.52 Å². The molecule has 1 atom stereocenters. The van der Waals surface area contributed by atoms with Crippen LogP contribution in [0.15, 0.2) is 4.52 Å². The first-order chi connectivity index (χ1) is 7.74. The molecule has 4 nitrogen and oxygen atoms in total. The van der Waals surface area contributed by atoms with Crippen LogP contribution in [0.5, 0.6) is 0 Å². The van der Waals surface area contributed by atoms with E-state index in [0.717, 1.165) is 42.7 Å². The molecule has 0 amide bonds. The van der Waals surface area contributed by atoms with Gasteiger partial charge in [0.25, 0.3) is 0 Å². The van der Waals surface area contributed by atoms with E-state index in [2.05, 4.69) is 29.3 Å². The Morgan fingerprint density at radius 3 is 3.12 bits per heavy atom. The summed E-state index contributed by atoms with van der Waals surface area (Å²) < 4.78 is 5.39. The summed E-state index contributed by atoms with van der Waals surface area (Å²) in [5, 5.41) is 7.43. The van der Waals surface area contributed by atoms with Crippen LogP contribution in [-0.4, -0.2) is 29.0 Å². The largest absolute Gasteiger partial charge is 0.339 e. The highest BCUT2D eigenvalue weighted by molar-refractivity contribution is 7.98. The monoisotopic (exact) mass is 241 g/mol. The van der Waals surface area contributed by atoms with E-state index in [1.165, 1.54) is 6.42 Å².